The minimum Gasteiger partial charge on any atom is -0.480 e. The number of rotatable bonds is 7. The minimum atomic E-state index is -1.00. The third kappa shape index (κ3) is 4.15. The van der Waals surface area contributed by atoms with E-state index in [2.05, 4.69) is 29.6 Å². The maximum Gasteiger partial charge on any atom is 0.407 e. The van der Waals surface area contributed by atoms with Crippen LogP contribution in [0.15, 0.2) is 48.5 Å². The van der Waals surface area contributed by atoms with Crippen LogP contribution in [0.2, 0.25) is 0 Å². The van der Waals surface area contributed by atoms with Gasteiger partial charge in [0.05, 0.1) is 5.37 Å². The molecular formula is C26H28N2O5S. The topological polar surface area (TPSA) is 95.9 Å². The van der Waals surface area contributed by atoms with Crippen molar-refractivity contribution in [2.75, 3.05) is 12.4 Å². The summed E-state index contributed by atoms with van der Waals surface area (Å²) < 4.78 is 5.60. The lowest BCUT2D eigenvalue weighted by Gasteiger charge is -2.31. The van der Waals surface area contributed by atoms with Gasteiger partial charge in [-0.1, -0.05) is 55.5 Å². The van der Waals surface area contributed by atoms with Crippen molar-refractivity contribution in [3.8, 4) is 11.1 Å². The van der Waals surface area contributed by atoms with E-state index in [0.717, 1.165) is 35.1 Å². The lowest BCUT2D eigenvalue weighted by Crippen LogP contribution is -2.54. The second-order valence-electron chi connectivity index (χ2n) is 9.09. The molecule has 2 aromatic carbocycles. The van der Waals surface area contributed by atoms with Crippen LogP contribution in [0, 0.1) is 5.92 Å². The molecule has 8 heteroatoms. The lowest BCUT2D eigenvalue weighted by atomic mass is 9.98. The van der Waals surface area contributed by atoms with Crippen molar-refractivity contribution in [3.05, 3.63) is 59.7 Å². The van der Waals surface area contributed by atoms with Gasteiger partial charge >= 0.3 is 12.1 Å². The third-order valence-electron chi connectivity index (χ3n) is 6.94. The van der Waals surface area contributed by atoms with Crippen molar-refractivity contribution >= 4 is 29.7 Å². The molecule has 0 bridgehead atoms. The number of hydrogen-bond acceptors (Lipinski definition) is 5. The molecule has 1 aliphatic heterocycles. The second kappa shape index (κ2) is 9.33. The standard InChI is InChI=1S/C26H28N2O5S/c1-2-21(23(29)28-22(25(30)31)14-34-24(28)15-11-12-15)27-26(32)33-13-20-18-9-5-3-7-16(18)17-8-4-6-10-19(17)20/h3-10,15,20-22,24H,2,11-14H2,1H3,(H,27,32)(H,30,31). The first kappa shape index (κ1) is 22.8. The summed E-state index contributed by atoms with van der Waals surface area (Å²) in [6.07, 6.45) is 1.70. The van der Waals surface area contributed by atoms with Gasteiger partial charge in [0.15, 0.2) is 0 Å². The monoisotopic (exact) mass is 480 g/mol. The minimum absolute atomic E-state index is 0.0699. The average Bonchev–Trinajstić information content (AvgIpc) is 3.51. The van der Waals surface area contributed by atoms with Crippen LogP contribution in [0.4, 0.5) is 4.79 Å². The molecule has 178 valence electrons. The molecule has 1 heterocycles. The third-order valence-corrected chi connectivity index (χ3v) is 8.40. The Balaban J connectivity index is 1.26. The molecule has 2 amide bonds. The lowest BCUT2D eigenvalue weighted by molar-refractivity contribution is -0.150. The zero-order valence-corrected chi connectivity index (χ0v) is 19.8. The predicted molar refractivity (Wildman–Crippen MR) is 130 cm³/mol. The predicted octanol–water partition coefficient (Wildman–Crippen LogP) is 4.07. The van der Waals surface area contributed by atoms with Gasteiger partial charge in [0, 0.05) is 11.7 Å². The number of benzene rings is 2. The molecule has 3 atom stereocenters. The van der Waals surface area contributed by atoms with Crippen molar-refractivity contribution in [3.63, 3.8) is 0 Å². The summed E-state index contributed by atoms with van der Waals surface area (Å²) in [5.41, 5.74) is 4.52. The first-order chi connectivity index (χ1) is 16.5. The van der Waals surface area contributed by atoms with E-state index in [1.807, 2.05) is 24.3 Å². The summed E-state index contributed by atoms with van der Waals surface area (Å²) in [7, 11) is 0. The Morgan fingerprint density at radius 1 is 1.09 bits per heavy atom. The number of aliphatic carboxylic acids is 1. The highest BCUT2D eigenvalue weighted by Crippen LogP contribution is 2.46. The molecule has 0 aromatic heterocycles. The average molecular weight is 481 g/mol. The number of carbonyl (C=O) groups is 3. The quantitative estimate of drug-likeness (QED) is 0.620. The van der Waals surface area contributed by atoms with Gasteiger partial charge in [-0.05, 0) is 47.4 Å². The van der Waals surface area contributed by atoms with Crippen LogP contribution in [0.1, 0.15) is 43.2 Å². The molecule has 3 unspecified atom stereocenters. The van der Waals surface area contributed by atoms with Crippen LogP contribution in [-0.4, -0.2) is 57.8 Å². The number of amides is 2. The van der Waals surface area contributed by atoms with E-state index >= 15 is 0 Å². The van der Waals surface area contributed by atoms with Crippen LogP contribution < -0.4 is 5.32 Å². The van der Waals surface area contributed by atoms with Crippen LogP contribution in [-0.2, 0) is 14.3 Å². The van der Waals surface area contributed by atoms with Gasteiger partial charge in [0.2, 0.25) is 5.91 Å². The Morgan fingerprint density at radius 3 is 2.26 bits per heavy atom. The van der Waals surface area contributed by atoms with Crippen molar-refractivity contribution in [2.24, 2.45) is 5.92 Å². The van der Waals surface area contributed by atoms with E-state index in [-0.39, 0.29) is 23.8 Å². The molecule has 2 N–H and O–H groups in total. The molecule has 2 aromatic rings. The number of fused-ring (bicyclic) bond motifs is 3. The van der Waals surface area contributed by atoms with Crippen molar-refractivity contribution in [1.82, 2.24) is 10.2 Å². The molecule has 1 saturated carbocycles. The van der Waals surface area contributed by atoms with Crippen LogP contribution in [0.3, 0.4) is 0 Å². The first-order valence-corrected chi connectivity index (χ1v) is 12.8. The SMILES string of the molecule is CCC(NC(=O)OCC1c2ccccc2-c2ccccc21)C(=O)N1C(C(=O)O)CSC1C1CC1. The second-order valence-corrected chi connectivity index (χ2v) is 10.2. The fourth-order valence-corrected chi connectivity index (χ4v) is 6.68. The van der Waals surface area contributed by atoms with Gasteiger partial charge in [-0.3, -0.25) is 4.79 Å². The van der Waals surface area contributed by atoms with E-state index in [1.165, 1.54) is 16.7 Å². The largest absolute Gasteiger partial charge is 0.480 e. The number of ether oxygens (including phenoxy) is 1. The Morgan fingerprint density at radius 2 is 1.71 bits per heavy atom. The molecule has 1 saturated heterocycles. The Bertz CT molecular complexity index is 1070. The summed E-state index contributed by atoms with van der Waals surface area (Å²) >= 11 is 1.53. The fourth-order valence-electron chi connectivity index (χ4n) is 5.04. The molecule has 34 heavy (non-hydrogen) atoms. The van der Waals surface area contributed by atoms with Crippen molar-refractivity contribution in [2.45, 2.75) is 49.6 Å². The molecule has 5 rings (SSSR count). The van der Waals surface area contributed by atoms with Crippen LogP contribution >= 0.6 is 11.8 Å². The molecule has 7 nitrogen and oxygen atoms in total. The summed E-state index contributed by atoms with van der Waals surface area (Å²) in [5.74, 6) is -0.695. The number of hydrogen-bond donors (Lipinski definition) is 2. The molecule has 2 aliphatic carbocycles. The Hall–Kier alpha value is -3.00. The zero-order chi connectivity index (χ0) is 23.8. The highest BCUT2D eigenvalue weighted by atomic mass is 32.2. The summed E-state index contributed by atoms with van der Waals surface area (Å²) in [5, 5.41) is 12.2. The highest BCUT2D eigenvalue weighted by molar-refractivity contribution is 8.00. The van der Waals surface area contributed by atoms with Gasteiger partial charge in [-0.2, -0.15) is 0 Å². The summed E-state index contributed by atoms with van der Waals surface area (Å²) in [6, 6.07) is 14.5. The first-order valence-electron chi connectivity index (χ1n) is 11.8. The Kier molecular flexibility index (Phi) is 6.25. The molecule has 0 radical (unpaired) electrons. The van der Waals surface area contributed by atoms with Gasteiger partial charge in [-0.25, -0.2) is 9.59 Å². The van der Waals surface area contributed by atoms with E-state index in [1.54, 1.807) is 6.92 Å². The molecule has 0 spiro atoms. The Labute approximate surface area is 202 Å². The van der Waals surface area contributed by atoms with E-state index in [0.29, 0.717) is 18.1 Å². The maximum atomic E-state index is 13.3. The molecule has 2 fully saturated rings. The number of carbonyl (C=O) groups excluding carboxylic acids is 2. The number of carboxylic acid groups (broad SMARTS) is 1. The smallest absolute Gasteiger partial charge is 0.407 e. The number of nitrogens with zero attached hydrogens (tertiary/aromatic N) is 1. The van der Waals surface area contributed by atoms with Crippen molar-refractivity contribution in [1.29, 1.82) is 0 Å². The van der Waals surface area contributed by atoms with E-state index < -0.39 is 24.1 Å². The fraction of sp³-hybridized carbons (Fsp3) is 0.423. The normalized spacial score (nSPS) is 22.1. The van der Waals surface area contributed by atoms with Gasteiger partial charge in [0.25, 0.3) is 0 Å². The van der Waals surface area contributed by atoms with Crippen LogP contribution in [0.5, 0.6) is 0 Å². The number of nitrogens with one attached hydrogen (secondary N) is 1. The summed E-state index contributed by atoms with van der Waals surface area (Å²) in [4.78, 5) is 39.3. The van der Waals surface area contributed by atoms with Gasteiger partial charge in [0.1, 0.15) is 18.7 Å². The maximum absolute atomic E-state index is 13.3. The highest BCUT2D eigenvalue weighted by Gasteiger charge is 2.49. The van der Waals surface area contributed by atoms with E-state index in [4.69, 9.17) is 4.74 Å². The number of alkyl carbamates (subject to hydrolysis) is 1. The zero-order valence-electron chi connectivity index (χ0n) is 19.0. The van der Waals surface area contributed by atoms with Gasteiger partial charge in [-0.15, -0.1) is 11.8 Å². The van der Waals surface area contributed by atoms with E-state index in [9.17, 15) is 19.5 Å². The number of carboxylic acids is 1. The summed E-state index contributed by atoms with van der Waals surface area (Å²) in [6.45, 7) is 1.96. The number of thioether (sulfide) groups is 1. The molecular weight excluding hydrogens is 452 g/mol. The van der Waals surface area contributed by atoms with Crippen LogP contribution in [0.25, 0.3) is 11.1 Å². The van der Waals surface area contributed by atoms with Crippen molar-refractivity contribution < 1.29 is 24.2 Å². The van der Waals surface area contributed by atoms with Gasteiger partial charge < -0.3 is 20.1 Å². The molecule has 3 aliphatic rings.